The van der Waals surface area contributed by atoms with Crippen molar-refractivity contribution in [2.45, 2.75) is 84.7 Å². The average molecular weight is 331 g/mol. The van der Waals surface area contributed by atoms with Crippen LogP contribution in [0.4, 0.5) is 0 Å². The molecule has 0 aliphatic heterocycles. The summed E-state index contributed by atoms with van der Waals surface area (Å²) in [6.07, 6.45) is 11.8. The summed E-state index contributed by atoms with van der Waals surface area (Å²) in [7, 11) is 0. The topological polar surface area (TPSA) is 26.3 Å². The van der Waals surface area contributed by atoms with Crippen LogP contribution in [0.1, 0.15) is 78.6 Å². The third-order valence-electron chi connectivity index (χ3n) is 8.84. The van der Waals surface area contributed by atoms with Crippen LogP contribution < -0.4 is 0 Å². The van der Waals surface area contributed by atoms with Gasteiger partial charge in [0.25, 0.3) is 0 Å². The van der Waals surface area contributed by atoms with Crippen LogP contribution in [0.15, 0.2) is 12.2 Å². The molecule has 0 aromatic carbocycles. The molecule has 0 aromatic heterocycles. The Labute approximate surface area is 147 Å². The Hall–Kier alpha value is -0.790. The van der Waals surface area contributed by atoms with E-state index in [1.165, 1.54) is 56.9 Å². The van der Waals surface area contributed by atoms with Gasteiger partial charge in [0.2, 0.25) is 0 Å². The zero-order valence-corrected chi connectivity index (χ0v) is 15.8. The molecule has 0 heterocycles. The second-order valence-corrected chi connectivity index (χ2v) is 9.83. The van der Waals surface area contributed by atoms with Gasteiger partial charge in [0, 0.05) is 12.3 Å². The fraction of sp³-hybridized carbons (Fsp3) is 0.864. The molecule has 4 saturated carbocycles. The Morgan fingerprint density at radius 1 is 1.04 bits per heavy atom. The van der Waals surface area contributed by atoms with E-state index in [0.29, 0.717) is 5.41 Å². The molecule has 0 radical (unpaired) electrons. The van der Waals surface area contributed by atoms with Crippen LogP contribution in [-0.4, -0.2) is 12.1 Å². The second-order valence-electron chi connectivity index (χ2n) is 9.83. The Morgan fingerprint density at radius 3 is 2.54 bits per heavy atom. The number of carbonyl (C=O) groups excluding carboxylic acids is 1. The molecule has 2 nitrogen and oxygen atoms in total. The molecular formula is C22H34O2. The maximum absolute atomic E-state index is 11.5. The standard InChI is InChI=1S/C22H34O2/c1-14-9-11-21(3)16(13-14)5-6-17-18-7-8-20(24-15(2)23)22(18,4)12-10-19(17)21/h16-20H,1,5-13H2,2-4H3/t16-,17+,18-,19+,20-,21-,22-/m0/s1. The highest BCUT2D eigenvalue weighted by Crippen LogP contribution is 2.66. The second kappa shape index (κ2) is 5.61. The zero-order valence-electron chi connectivity index (χ0n) is 15.8. The van der Waals surface area contributed by atoms with E-state index >= 15 is 0 Å². The van der Waals surface area contributed by atoms with Crippen LogP contribution >= 0.6 is 0 Å². The third-order valence-corrected chi connectivity index (χ3v) is 8.84. The van der Waals surface area contributed by atoms with Crippen LogP contribution in [0.2, 0.25) is 0 Å². The number of allylic oxidation sites excluding steroid dienone is 1. The third kappa shape index (κ3) is 2.31. The number of fused-ring (bicyclic) bond motifs is 5. The molecule has 0 saturated heterocycles. The maximum atomic E-state index is 11.5. The van der Waals surface area contributed by atoms with Crippen molar-refractivity contribution in [3.8, 4) is 0 Å². The molecule has 4 aliphatic rings. The number of ether oxygens (including phenoxy) is 1. The first kappa shape index (κ1) is 16.7. The van der Waals surface area contributed by atoms with Gasteiger partial charge in [0.1, 0.15) is 6.10 Å². The van der Waals surface area contributed by atoms with E-state index in [-0.39, 0.29) is 17.5 Å². The molecule has 7 atom stereocenters. The quantitative estimate of drug-likeness (QED) is 0.467. The van der Waals surface area contributed by atoms with Crippen molar-refractivity contribution in [2.24, 2.45) is 34.5 Å². The van der Waals surface area contributed by atoms with Gasteiger partial charge in [-0.25, -0.2) is 0 Å². The summed E-state index contributed by atoms with van der Waals surface area (Å²) < 4.78 is 5.76. The summed E-state index contributed by atoms with van der Waals surface area (Å²) in [4.78, 5) is 11.5. The predicted octanol–water partition coefficient (Wildman–Crippen LogP) is 5.52. The minimum Gasteiger partial charge on any atom is -0.462 e. The van der Waals surface area contributed by atoms with E-state index in [1.54, 1.807) is 6.92 Å². The van der Waals surface area contributed by atoms with Gasteiger partial charge in [-0.3, -0.25) is 4.79 Å². The first-order chi connectivity index (χ1) is 11.3. The Balaban J connectivity index is 1.58. The summed E-state index contributed by atoms with van der Waals surface area (Å²) in [6.45, 7) is 10.9. The minimum absolute atomic E-state index is 0.0922. The Morgan fingerprint density at radius 2 is 1.79 bits per heavy atom. The van der Waals surface area contributed by atoms with Crippen molar-refractivity contribution in [2.75, 3.05) is 0 Å². The number of carbonyl (C=O) groups is 1. The minimum atomic E-state index is -0.0922. The molecule has 4 rings (SSSR count). The predicted molar refractivity (Wildman–Crippen MR) is 96.4 cm³/mol. The number of esters is 1. The number of hydrogen-bond donors (Lipinski definition) is 0. The van der Waals surface area contributed by atoms with Gasteiger partial charge in [-0.05, 0) is 86.9 Å². The average Bonchev–Trinajstić information content (AvgIpc) is 2.84. The van der Waals surface area contributed by atoms with Crippen LogP contribution in [0.5, 0.6) is 0 Å². The van der Waals surface area contributed by atoms with Gasteiger partial charge >= 0.3 is 5.97 Å². The fourth-order valence-corrected chi connectivity index (χ4v) is 7.50. The van der Waals surface area contributed by atoms with E-state index in [9.17, 15) is 4.79 Å². The van der Waals surface area contributed by atoms with Gasteiger partial charge in [0.15, 0.2) is 0 Å². The Kier molecular flexibility index (Phi) is 3.89. The highest BCUT2D eigenvalue weighted by molar-refractivity contribution is 5.66. The molecule has 4 aliphatic carbocycles. The van der Waals surface area contributed by atoms with E-state index in [1.807, 2.05) is 0 Å². The molecular weight excluding hydrogens is 296 g/mol. The summed E-state index contributed by atoms with van der Waals surface area (Å²) in [6, 6.07) is 0. The molecule has 0 spiro atoms. The van der Waals surface area contributed by atoms with Gasteiger partial charge < -0.3 is 4.74 Å². The number of hydrogen-bond acceptors (Lipinski definition) is 2. The first-order valence-electron chi connectivity index (χ1n) is 10.2. The van der Waals surface area contributed by atoms with Crippen molar-refractivity contribution in [1.29, 1.82) is 0 Å². The molecule has 0 amide bonds. The van der Waals surface area contributed by atoms with E-state index < -0.39 is 0 Å². The first-order valence-corrected chi connectivity index (χ1v) is 10.2. The van der Waals surface area contributed by atoms with Crippen LogP contribution in [0.25, 0.3) is 0 Å². The van der Waals surface area contributed by atoms with Crippen molar-refractivity contribution in [1.82, 2.24) is 0 Å². The lowest BCUT2D eigenvalue weighted by atomic mass is 9.45. The lowest BCUT2D eigenvalue weighted by Gasteiger charge is -2.60. The lowest BCUT2D eigenvalue weighted by Crippen LogP contribution is -2.53. The van der Waals surface area contributed by atoms with E-state index in [2.05, 4.69) is 20.4 Å². The largest absolute Gasteiger partial charge is 0.462 e. The summed E-state index contributed by atoms with van der Waals surface area (Å²) in [5, 5.41) is 0. The molecule has 0 bridgehead atoms. The SMILES string of the molecule is C=C1CC[C@@]2(C)[C@@H](CC[C@H]3[C@H]2CC[C@]2(C)[C@@H](OC(C)=O)CC[C@@H]32)C1. The summed E-state index contributed by atoms with van der Waals surface area (Å²) in [5.41, 5.74) is 2.26. The van der Waals surface area contributed by atoms with Gasteiger partial charge in [-0.15, -0.1) is 0 Å². The molecule has 134 valence electrons. The molecule has 0 aromatic rings. The molecule has 2 heteroatoms. The fourth-order valence-electron chi connectivity index (χ4n) is 7.50. The monoisotopic (exact) mass is 330 g/mol. The lowest BCUT2D eigenvalue weighted by molar-refractivity contribution is -0.160. The van der Waals surface area contributed by atoms with Crippen molar-refractivity contribution in [3.63, 3.8) is 0 Å². The van der Waals surface area contributed by atoms with Crippen LogP contribution in [-0.2, 0) is 9.53 Å². The normalized spacial score (nSPS) is 50.6. The number of rotatable bonds is 1. The van der Waals surface area contributed by atoms with Crippen molar-refractivity contribution < 1.29 is 9.53 Å². The van der Waals surface area contributed by atoms with Crippen molar-refractivity contribution >= 4 is 5.97 Å². The zero-order chi connectivity index (χ0) is 17.1. The molecule has 4 fully saturated rings. The highest BCUT2D eigenvalue weighted by Gasteiger charge is 2.60. The Bertz CT molecular complexity index is 552. The summed E-state index contributed by atoms with van der Waals surface area (Å²) >= 11 is 0. The van der Waals surface area contributed by atoms with Gasteiger partial charge in [0.05, 0.1) is 0 Å². The van der Waals surface area contributed by atoms with Crippen LogP contribution in [0.3, 0.4) is 0 Å². The van der Waals surface area contributed by atoms with Gasteiger partial charge in [-0.2, -0.15) is 0 Å². The molecule has 0 unspecified atom stereocenters. The van der Waals surface area contributed by atoms with Crippen LogP contribution in [0, 0.1) is 34.5 Å². The highest BCUT2D eigenvalue weighted by atomic mass is 16.5. The van der Waals surface area contributed by atoms with E-state index in [0.717, 1.165) is 30.1 Å². The van der Waals surface area contributed by atoms with Gasteiger partial charge in [-0.1, -0.05) is 26.0 Å². The smallest absolute Gasteiger partial charge is 0.302 e. The van der Waals surface area contributed by atoms with E-state index in [4.69, 9.17) is 4.74 Å². The molecule has 24 heavy (non-hydrogen) atoms. The van der Waals surface area contributed by atoms with Crippen molar-refractivity contribution in [3.05, 3.63) is 12.2 Å². The molecule has 0 N–H and O–H groups in total. The maximum Gasteiger partial charge on any atom is 0.302 e. The summed E-state index contributed by atoms with van der Waals surface area (Å²) in [5.74, 6) is 3.29.